The van der Waals surface area contributed by atoms with E-state index in [-0.39, 0.29) is 6.04 Å². The van der Waals surface area contributed by atoms with Gasteiger partial charge in [0, 0.05) is 24.2 Å². The molecule has 1 aromatic heterocycles. The molecule has 0 fully saturated rings. The fourth-order valence-corrected chi connectivity index (χ4v) is 1.88. The average Bonchev–Trinajstić information content (AvgIpc) is 2.41. The summed E-state index contributed by atoms with van der Waals surface area (Å²) in [6, 6.07) is 6.61. The van der Waals surface area contributed by atoms with E-state index in [2.05, 4.69) is 30.2 Å². The third-order valence-corrected chi connectivity index (χ3v) is 2.75. The zero-order valence-electron chi connectivity index (χ0n) is 9.49. The summed E-state index contributed by atoms with van der Waals surface area (Å²) in [7, 11) is 1.97. The van der Waals surface area contributed by atoms with Gasteiger partial charge in [-0.2, -0.15) is 5.10 Å². The summed E-state index contributed by atoms with van der Waals surface area (Å²) in [5.74, 6) is 0. The van der Waals surface area contributed by atoms with E-state index >= 15 is 0 Å². The van der Waals surface area contributed by atoms with Crippen LogP contribution in [0.2, 0.25) is 0 Å². The zero-order valence-corrected chi connectivity index (χ0v) is 9.49. The molecule has 0 saturated heterocycles. The van der Waals surface area contributed by atoms with Crippen molar-refractivity contribution in [1.29, 1.82) is 0 Å². The fraction of sp³-hybridized carbons (Fsp3) is 0.417. The molecule has 2 aromatic rings. The Hall–Kier alpha value is -1.35. The van der Waals surface area contributed by atoms with Gasteiger partial charge in [-0.25, -0.2) is 0 Å². The Morgan fingerprint density at radius 1 is 1.47 bits per heavy atom. The van der Waals surface area contributed by atoms with Gasteiger partial charge in [0.1, 0.15) is 0 Å². The molecule has 1 heterocycles. The Kier molecular flexibility index (Phi) is 2.49. The number of benzene rings is 1. The monoisotopic (exact) mass is 203 g/mol. The first-order valence-electron chi connectivity index (χ1n) is 5.25. The van der Waals surface area contributed by atoms with Crippen molar-refractivity contribution in [3.63, 3.8) is 0 Å². The van der Waals surface area contributed by atoms with Crippen molar-refractivity contribution >= 4 is 10.9 Å². The third kappa shape index (κ3) is 1.88. The molecule has 1 atom stereocenters. The molecule has 0 spiro atoms. The Morgan fingerprint density at radius 2 is 2.20 bits per heavy atom. The molecule has 2 N–H and O–H groups in total. The van der Waals surface area contributed by atoms with E-state index in [1.807, 2.05) is 18.7 Å². The first kappa shape index (κ1) is 10.2. The number of hydrogen-bond acceptors (Lipinski definition) is 2. The number of fused-ring (bicyclic) bond motifs is 1. The average molecular weight is 203 g/mol. The van der Waals surface area contributed by atoms with Gasteiger partial charge in [0.05, 0.1) is 5.52 Å². The molecule has 0 aliphatic rings. The van der Waals surface area contributed by atoms with Crippen LogP contribution in [0.3, 0.4) is 0 Å². The quantitative estimate of drug-likeness (QED) is 0.808. The van der Waals surface area contributed by atoms with Crippen LogP contribution in [0.1, 0.15) is 18.2 Å². The van der Waals surface area contributed by atoms with Gasteiger partial charge in [0.25, 0.3) is 0 Å². The molecule has 0 saturated carbocycles. The van der Waals surface area contributed by atoms with Gasteiger partial charge in [-0.15, -0.1) is 0 Å². The summed E-state index contributed by atoms with van der Waals surface area (Å²) in [5.41, 5.74) is 9.31. The van der Waals surface area contributed by atoms with Crippen LogP contribution in [0.15, 0.2) is 18.2 Å². The first-order valence-corrected chi connectivity index (χ1v) is 5.25. The van der Waals surface area contributed by atoms with Crippen molar-refractivity contribution in [2.75, 3.05) is 0 Å². The van der Waals surface area contributed by atoms with Gasteiger partial charge in [-0.3, -0.25) is 4.68 Å². The minimum absolute atomic E-state index is 0.201. The van der Waals surface area contributed by atoms with Gasteiger partial charge in [-0.1, -0.05) is 12.1 Å². The molecular formula is C12H17N3. The van der Waals surface area contributed by atoms with Crippen LogP contribution < -0.4 is 5.73 Å². The van der Waals surface area contributed by atoms with E-state index in [4.69, 9.17) is 5.73 Å². The van der Waals surface area contributed by atoms with Gasteiger partial charge in [-0.05, 0) is 31.9 Å². The number of aromatic nitrogens is 2. The Bertz CT molecular complexity index is 483. The number of hydrogen-bond donors (Lipinski definition) is 1. The molecule has 3 heteroatoms. The molecular weight excluding hydrogens is 186 g/mol. The lowest BCUT2D eigenvalue weighted by molar-refractivity contribution is 0.737. The topological polar surface area (TPSA) is 43.8 Å². The second kappa shape index (κ2) is 3.66. The molecule has 0 bridgehead atoms. The van der Waals surface area contributed by atoms with Crippen molar-refractivity contribution in [1.82, 2.24) is 9.78 Å². The highest BCUT2D eigenvalue weighted by Crippen LogP contribution is 2.18. The molecule has 0 radical (unpaired) electrons. The predicted octanol–water partition coefficient (Wildman–Crippen LogP) is 1.77. The first-order chi connectivity index (χ1) is 7.08. The SMILES string of the molecule is Cc1c2ccc(CC(C)N)cc2nn1C. The molecule has 2 rings (SSSR count). The molecule has 0 aliphatic carbocycles. The smallest absolute Gasteiger partial charge is 0.0928 e. The maximum Gasteiger partial charge on any atom is 0.0928 e. The molecule has 15 heavy (non-hydrogen) atoms. The van der Waals surface area contributed by atoms with Crippen LogP contribution in [0.5, 0.6) is 0 Å². The third-order valence-electron chi connectivity index (χ3n) is 2.75. The number of rotatable bonds is 2. The second-order valence-electron chi connectivity index (χ2n) is 4.24. The van der Waals surface area contributed by atoms with Gasteiger partial charge in [0.15, 0.2) is 0 Å². The van der Waals surface area contributed by atoms with Crippen molar-refractivity contribution in [3.05, 3.63) is 29.5 Å². The molecule has 3 nitrogen and oxygen atoms in total. The van der Waals surface area contributed by atoms with Gasteiger partial charge < -0.3 is 5.73 Å². The fourth-order valence-electron chi connectivity index (χ4n) is 1.88. The van der Waals surface area contributed by atoms with Crippen LogP contribution >= 0.6 is 0 Å². The highest BCUT2D eigenvalue weighted by molar-refractivity contribution is 5.82. The maximum atomic E-state index is 5.78. The summed E-state index contributed by atoms with van der Waals surface area (Å²) >= 11 is 0. The van der Waals surface area contributed by atoms with Crippen molar-refractivity contribution < 1.29 is 0 Å². The van der Waals surface area contributed by atoms with E-state index in [1.54, 1.807) is 0 Å². The highest BCUT2D eigenvalue weighted by Gasteiger charge is 2.05. The second-order valence-corrected chi connectivity index (χ2v) is 4.24. The number of nitrogens with two attached hydrogens (primary N) is 1. The lowest BCUT2D eigenvalue weighted by Gasteiger charge is -2.04. The van der Waals surface area contributed by atoms with Crippen LogP contribution in [0.25, 0.3) is 10.9 Å². The summed E-state index contributed by atoms with van der Waals surface area (Å²) in [6.07, 6.45) is 0.908. The Labute approximate surface area is 89.9 Å². The summed E-state index contributed by atoms with van der Waals surface area (Å²) < 4.78 is 1.92. The minimum atomic E-state index is 0.201. The van der Waals surface area contributed by atoms with E-state index in [9.17, 15) is 0 Å². The van der Waals surface area contributed by atoms with E-state index in [0.29, 0.717) is 0 Å². The van der Waals surface area contributed by atoms with Crippen LogP contribution in [-0.2, 0) is 13.5 Å². The molecule has 0 amide bonds. The largest absolute Gasteiger partial charge is 0.328 e. The van der Waals surface area contributed by atoms with E-state index in [0.717, 1.165) is 11.9 Å². The summed E-state index contributed by atoms with van der Waals surface area (Å²) in [5, 5.41) is 5.68. The predicted molar refractivity (Wildman–Crippen MR) is 62.8 cm³/mol. The number of nitrogens with zero attached hydrogens (tertiary/aromatic N) is 2. The maximum absolute atomic E-state index is 5.78. The normalized spacial score (nSPS) is 13.3. The molecule has 1 unspecified atom stereocenters. The Morgan fingerprint density at radius 3 is 2.87 bits per heavy atom. The summed E-state index contributed by atoms with van der Waals surface area (Å²) in [4.78, 5) is 0. The van der Waals surface area contributed by atoms with Crippen LogP contribution in [0.4, 0.5) is 0 Å². The van der Waals surface area contributed by atoms with Crippen molar-refractivity contribution in [2.24, 2.45) is 12.8 Å². The Balaban J connectivity index is 2.47. The highest BCUT2D eigenvalue weighted by atomic mass is 15.3. The summed E-state index contributed by atoms with van der Waals surface area (Å²) in [6.45, 7) is 4.11. The van der Waals surface area contributed by atoms with Crippen molar-refractivity contribution in [2.45, 2.75) is 26.3 Å². The zero-order chi connectivity index (χ0) is 11.0. The lowest BCUT2D eigenvalue weighted by atomic mass is 10.1. The van der Waals surface area contributed by atoms with Crippen LogP contribution in [-0.4, -0.2) is 15.8 Å². The minimum Gasteiger partial charge on any atom is -0.328 e. The molecule has 1 aromatic carbocycles. The van der Waals surface area contributed by atoms with Crippen molar-refractivity contribution in [3.8, 4) is 0 Å². The van der Waals surface area contributed by atoms with Gasteiger partial charge in [0.2, 0.25) is 0 Å². The standard InChI is InChI=1S/C12H17N3/c1-8(13)6-10-4-5-11-9(2)15(3)14-12(11)7-10/h4-5,7-8H,6,13H2,1-3H3. The van der Waals surface area contributed by atoms with E-state index < -0.39 is 0 Å². The van der Waals surface area contributed by atoms with Gasteiger partial charge >= 0.3 is 0 Å². The van der Waals surface area contributed by atoms with E-state index in [1.165, 1.54) is 16.6 Å². The lowest BCUT2D eigenvalue weighted by Crippen LogP contribution is -2.17. The number of aryl methyl sites for hydroxylation is 2. The van der Waals surface area contributed by atoms with Crippen LogP contribution in [0, 0.1) is 6.92 Å². The molecule has 80 valence electrons. The molecule has 0 aliphatic heterocycles.